The molecule has 0 radical (unpaired) electrons. The van der Waals surface area contributed by atoms with Gasteiger partial charge in [0.05, 0.1) is 0 Å². The van der Waals surface area contributed by atoms with Crippen molar-refractivity contribution in [2.45, 2.75) is 13.3 Å². The third kappa shape index (κ3) is 3.37. The number of benzene rings is 1. The number of aromatic nitrogens is 2. The molecule has 1 aromatic carbocycles. The van der Waals surface area contributed by atoms with Crippen molar-refractivity contribution in [2.75, 3.05) is 17.2 Å². The first kappa shape index (κ1) is 13.2. The number of nitrogens with zero attached hydrogens (tertiary/aromatic N) is 2. The van der Waals surface area contributed by atoms with Crippen LogP contribution in [0.5, 0.6) is 0 Å². The van der Waals surface area contributed by atoms with E-state index in [2.05, 4.69) is 20.6 Å². The Bertz CT molecular complexity index is 540. The fraction of sp³-hybridized carbons (Fsp3) is 0.231. The summed E-state index contributed by atoms with van der Waals surface area (Å²) in [6, 6.07) is 5.28. The molecule has 2 N–H and O–H groups in total. The van der Waals surface area contributed by atoms with Gasteiger partial charge in [0.25, 0.3) is 0 Å². The van der Waals surface area contributed by atoms with Gasteiger partial charge in [-0.1, -0.05) is 13.0 Å². The zero-order valence-corrected chi connectivity index (χ0v) is 10.5. The van der Waals surface area contributed by atoms with Crippen LogP contribution < -0.4 is 10.6 Å². The van der Waals surface area contributed by atoms with Crippen molar-refractivity contribution in [2.24, 2.45) is 0 Å². The highest BCUT2D eigenvalue weighted by atomic mass is 19.1. The van der Waals surface area contributed by atoms with Crippen LogP contribution in [0.1, 0.15) is 13.3 Å². The van der Waals surface area contributed by atoms with Gasteiger partial charge in [-0.25, -0.2) is 18.7 Å². The van der Waals surface area contributed by atoms with Crippen molar-refractivity contribution < 1.29 is 8.78 Å². The third-order valence-electron chi connectivity index (χ3n) is 2.44. The van der Waals surface area contributed by atoms with Crippen LogP contribution in [0, 0.1) is 11.6 Å². The van der Waals surface area contributed by atoms with Gasteiger partial charge >= 0.3 is 0 Å². The number of halogens is 2. The van der Waals surface area contributed by atoms with E-state index in [9.17, 15) is 8.78 Å². The molecule has 100 valence electrons. The normalized spacial score (nSPS) is 10.3. The monoisotopic (exact) mass is 264 g/mol. The zero-order chi connectivity index (χ0) is 13.7. The smallest absolute Gasteiger partial charge is 0.149 e. The highest BCUT2D eigenvalue weighted by molar-refractivity contribution is 5.59. The van der Waals surface area contributed by atoms with Gasteiger partial charge < -0.3 is 10.6 Å². The van der Waals surface area contributed by atoms with Crippen LogP contribution in [-0.4, -0.2) is 16.5 Å². The number of hydrogen-bond donors (Lipinski definition) is 2. The van der Waals surface area contributed by atoms with Crippen LogP contribution in [0.25, 0.3) is 0 Å². The first-order valence-corrected chi connectivity index (χ1v) is 5.97. The minimum atomic E-state index is -0.665. The van der Waals surface area contributed by atoms with Crippen LogP contribution in [0.15, 0.2) is 30.6 Å². The fourth-order valence-corrected chi connectivity index (χ4v) is 1.52. The highest BCUT2D eigenvalue weighted by Crippen LogP contribution is 2.22. The molecule has 2 aromatic rings. The summed E-state index contributed by atoms with van der Waals surface area (Å²) in [4.78, 5) is 7.94. The zero-order valence-electron chi connectivity index (χ0n) is 10.5. The van der Waals surface area contributed by atoms with Gasteiger partial charge in [0.2, 0.25) is 0 Å². The van der Waals surface area contributed by atoms with Gasteiger partial charge in [-0.3, -0.25) is 0 Å². The van der Waals surface area contributed by atoms with Gasteiger partial charge in [-0.05, 0) is 18.6 Å². The molecule has 0 spiro atoms. The molecule has 0 aliphatic heterocycles. The van der Waals surface area contributed by atoms with E-state index in [0.29, 0.717) is 11.6 Å². The van der Waals surface area contributed by atoms with Crippen molar-refractivity contribution >= 4 is 17.3 Å². The number of hydrogen-bond acceptors (Lipinski definition) is 4. The van der Waals surface area contributed by atoms with Gasteiger partial charge in [-0.15, -0.1) is 0 Å². The first-order chi connectivity index (χ1) is 9.20. The first-order valence-electron chi connectivity index (χ1n) is 5.97. The molecule has 1 heterocycles. The highest BCUT2D eigenvalue weighted by Gasteiger charge is 2.09. The molecule has 0 atom stereocenters. The maximum atomic E-state index is 13.5. The second-order valence-electron chi connectivity index (χ2n) is 3.94. The van der Waals surface area contributed by atoms with E-state index in [-0.39, 0.29) is 5.69 Å². The van der Waals surface area contributed by atoms with Crippen molar-refractivity contribution in [3.05, 3.63) is 42.2 Å². The lowest BCUT2D eigenvalue weighted by Gasteiger charge is -2.09. The van der Waals surface area contributed by atoms with Crippen LogP contribution in [-0.2, 0) is 0 Å². The Kier molecular flexibility index (Phi) is 4.22. The summed E-state index contributed by atoms with van der Waals surface area (Å²) in [6.07, 6.45) is 2.29. The summed E-state index contributed by atoms with van der Waals surface area (Å²) < 4.78 is 27.0. The molecule has 0 bridgehead atoms. The van der Waals surface area contributed by atoms with Gasteiger partial charge in [0, 0.05) is 12.6 Å². The van der Waals surface area contributed by atoms with E-state index in [1.165, 1.54) is 24.5 Å². The molecule has 19 heavy (non-hydrogen) atoms. The molecule has 0 aliphatic rings. The summed E-state index contributed by atoms with van der Waals surface area (Å²) in [7, 11) is 0. The SMILES string of the molecule is CCCNc1cc(Nc2c(F)cccc2F)ncn1. The Hall–Kier alpha value is -2.24. The molecule has 0 aliphatic carbocycles. The standard InChI is InChI=1S/C13H14F2N4/c1-2-6-16-11-7-12(18-8-17-11)19-13-9(14)4-3-5-10(13)15/h3-5,7-8H,2,6H2,1H3,(H2,16,17,18,19). The number of anilines is 3. The molecular formula is C13H14F2N4. The predicted octanol–water partition coefficient (Wildman–Crippen LogP) is 3.32. The van der Waals surface area contributed by atoms with Gasteiger partial charge in [0.15, 0.2) is 0 Å². The lowest BCUT2D eigenvalue weighted by Crippen LogP contribution is -2.04. The summed E-state index contributed by atoms with van der Waals surface area (Å²) in [5.74, 6) is -0.392. The minimum absolute atomic E-state index is 0.220. The summed E-state index contributed by atoms with van der Waals surface area (Å²) >= 11 is 0. The Morgan fingerprint density at radius 2 is 1.79 bits per heavy atom. The Morgan fingerprint density at radius 1 is 1.11 bits per heavy atom. The van der Waals surface area contributed by atoms with E-state index in [0.717, 1.165) is 13.0 Å². The summed E-state index contributed by atoms with van der Waals surface area (Å²) in [5.41, 5.74) is -0.220. The maximum Gasteiger partial charge on any atom is 0.149 e. The number of rotatable bonds is 5. The summed E-state index contributed by atoms with van der Waals surface area (Å²) in [6.45, 7) is 2.80. The molecule has 0 amide bonds. The van der Waals surface area contributed by atoms with E-state index in [1.54, 1.807) is 6.07 Å². The van der Waals surface area contributed by atoms with E-state index >= 15 is 0 Å². The maximum absolute atomic E-state index is 13.5. The fourth-order valence-electron chi connectivity index (χ4n) is 1.52. The molecule has 4 nitrogen and oxygen atoms in total. The quantitative estimate of drug-likeness (QED) is 0.869. The van der Waals surface area contributed by atoms with Crippen molar-refractivity contribution in [1.29, 1.82) is 0 Å². The molecule has 6 heteroatoms. The molecular weight excluding hydrogens is 250 g/mol. The van der Waals surface area contributed by atoms with Crippen LogP contribution >= 0.6 is 0 Å². The molecule has 0 saturated heterocycles. The largest absolute Gasteiger partial charge is 0.370 e. The topological polar surface area (TPSA) is 49.8 Å². The van der Waals surface area contributed by atoms with Crippen molar-refractivity contribution in [3.8, 4) is 0 Å². The van der Waals surface area contributed by atoms with Gasteiger partial charge in [0.1, 0.15) is 35.3 Å². The average molecular weight is 264 g/mol. The van der Waals surface area contributed by atoms with Crippen molar-refractivity contribution in [1.82, 2.24) is 9.97 Å². The van der Waals surface area contributed by atoms with E-state index < -0.39 is 11.6 Å². The third-order valence-corrected chi connectivity index (χ3v) is 2.44. The van der Waals surface area contributed by atoms with Crippen molar-refractivity contribution in [3.63, 3.8) is 0 Å². The second kappa shape index (κ2) is 6.08. The van der Waals surface area contributed by atoms with E-state index in [1.807, 2.05) is 6.92 Å². The lowest BCUT2D eigenvalue weighted by molar-refractivity contribution is 0.590. The molecule has 1 aromatic heterocycles. The molecule has 0 saturated carbocycles. The van der Waals surface area contributed by atoms with Gasteiger partial charge in [-0.2, -0.15) is 0 Å². The minimum Gasteiger partial charge on any atom is -0.370 e. The Balaban J connectivity index is 2.19. The molecule has 0 fully saturated rings. The van der Waals surface area contributed by atoms with Crippen LogP contribution in [0.4, 0.5) is 26.1 Å². The second-order valence-corrected chi connectivity index (χ2v) is 3.94. The lowest BCUT2D eigenvalue weighted by atomic mass is 10.3. The van der Waals surface area contributed by atoms with Crippen LogP contribution in [0.3, 0.4) is 0 Å². The Morgan fingerprint density at radius 3 is 2.47 bits per heavy atom. The molecule has 0 unspecified atom stereocenters. The summed E-state index contributed by atoms with van der Waals surface area (Å²) in [5, 5.41) is 5.69. The average Bonchev–Trinajstić information content (AvgIpc) is 2.41. The number of para-hydroxylation sites is 1. The predicted molar refractivity (Wildman–Crippen MR) is 70.5 cm³/mol. The van der Waals surface area contributed by atoms with E-state index in [4.69, 9.17) is 0 Å². The molecule has 2 rings (SSSR count). The van der Waals surface area contributed by atoms with Crippen LogP contribution in [0.2, 0.25) is 0 Å². The Labute approximate surface area is 109 Å². The number of nitrogens with one attached hydrogen (secondary N) is 2.